The monoisotopic (exact) mass is 335 g/mol. The van der Waals surface area contributed by atoms with Gasteiger partial charge < -0.3 is 14.8 Å². The fraction of sp³-hybridized carbons (Fsp3) is 0.190. The summed E-state index contributed by atoms with van der Waals surface area (Å²) in [4.78, 5) is 12.4. The number of carbonyl (C=O) groups excluding carboxylic acids is 1. The van der Waals surface area contributed by atoms with Crippen molar-refractivity contribution in [3.8, 4) is 5.75 Å². The quantitative estimate of drug-likeness (QED) is 0.646. The maximum Gasteiger partial charge on any atom is 0.255 e. The van der Waals surface area contributed by atoms with E-state index >= 15 is 0 Å². The molecule has 1 N–H and O–H groups in total. The molecule has 3 aromatic carbocycles. The second kappa shape index (κ2) is 8.31. The molecular formula is C21H21NO3. The molecule has 1 amide bonds. The SMILES string of the molecule is CCOCCOc1ccc(C(=O)Nc2ccc3ccccc3c2)cc1. The van der Waals surface area contributed by atoms with E-state index < -0.39 is 0 Å². The van der Waals surface area contributed by atoms with E-state index in [0.29, 0.717) is 25.4 Å². The van der Waals surface area contributed by atoms with Crippen LogP contribution in [0.3, 0.4) is 0 Å². The highest BCUT2D eigenvalue weighted by atomic mass is 16.5. The van der Waals surface area contributed by atoms with Gasteiger partial charge in [-0.3, -0.25) is 4.79 Å². The molecule has 0 bridgehead atoms. The Morgan fingerprint density at radius 3 is 2.44 bits per heavy atom. The standard InChI is InChI=1S/C21H21NO3/c1-2-24-13-14-25-20-11-8-17(9-12-20)21(23)22-19-10-7-16-5-3-4-6-18(16)15-19/h3-12,15H,2,13-14H2,1H3,(H,22,23). The summed E-state index contributed by atoms with van der Waals surface area (Å²) in [7, 11) is 0. The molecule has 0 heterocycles. The molecule has 0 aliphatic rings. The van der Waals surface area contributed by atoms with Crippen LogP contribution >= 0.6 is 0 Å². The van der Waals surface area contributed by atoms with Gasteiger partial charge in [0.1, 0.15) is 12.4 Å². The van der Waals surface area contributed by atoms with Crippen LogP contribution in [0.4, 0.5) is 5.69 Å². The van der Waals surface area contributed by atoms with E-state index in [1.807, 2.05) is 49.4 Å². The summed E-state index contributed by atoms with van der Waals surface area (Å²) in [5, 5.41) is 5.17. The minimum absolute atomic E-state index is 0.142. The van der Waals surface area contributed by atoms with Crippen LogP contribution in [0.15, 0.2) is 66.7 Å². The van der Waals surface area contributed by atoms with E-state index in [-0.39, 0.29) is 5.91 Å². The zero-order valence-electron chi connectivity index (χ0n) is 14.2. The number of rotatable bonds is 7. The molecule has 0 saturated carbocycles. The maximum atomic E-state index is 12.4. The first-order chi connectivity index (χ1) is 12.3. The first kappa shape index (κ1) is 17.0. The third-order valence-electron chi connectivity index (χ3n) is 3.82. The van der Waals surface area contributed by atoms with Crippen molar-refractivity contribution in [1.82, 2.24) is 0 Å². The molecule has 4 nitrogen and oxygen atoms in total. The molecule has 0 unspecified atom stereocenters. The Morgan fingerprint density at radius 2 is 1.68 bits per heavy atom. The van der Waals surface area contributed by atoms with Gasteiger partial charge in [0.05, 0.1) is 6.61 Å². The summed E-state index contributed by atoms with van der Waals surface area (Å²) in [5.41, 5.74) is 1.37. The molecule has 128 valence electrons. The van der Waals surface area contributed by atoms with Crippen LogP contribution in [-0.4, -0.2) is 25.7 Å². The van der Waals surface area contributed by atoms with Crippen LogP contribution in [0.1, 0.15) is 17.3 Å². The minimum atomic E-state index is -0.142. The van der Waals surface area contributed by atoms with E-state index in [0.717, 1.165) is 22.2 Å². The fourth-order valence-electron chi connectivity index (χ4n) is 2.54. The van der Waals surface area contributed by atoms with E-state index in [9.17, 15) is 4.79 Å². The first-order valence-electron chi connectivity index (χ1n) is 8.37. The summed E-state index contributed by atoms with van der Waals surface area (Å²) in [6.07, 6.45) is 0. The Hall–Kier alpha value is -2.85. The summed E-state index contributed by atoms with van der Waals surface area (Å²) in [5.74, 6) is 0.582. The number of hydrogen-bond donors (Lipinski definition) is 1. The molecule has 3 aromatic rings. The topological polar surface area (TPSA) is 47.6 Å². The second-order valence-electron chi connectivity index (χ2n) is 5.59. The zero-order chi connectivity index (χ0) is 17.5. The highest BCUT2D eigenvalue weighted by Crippen LogP contribution is 2.20. The first-order valence-corrected chi connectivity index (χ1v) is 8.37. The summed E-state index contributed by atoms with van der Waals surface area (Å²) in [6, 6.07) is 21.0. The van der Waals surface area contributed by atoms with Crippen molar-refractivity contribution in [3.63, 3.8) is 0 Å². The maximum absolute atomic E-state index is 12.4. The molecule has 0 spiro atoms. The van der Waals surface area contributed by atoms with Gasteiger partial charge in [0, 0.05) is 17.9 Å². The summed E-state index contributed by atoms with van der Waals surface area (Å²) >= 11 is 0. The molecule has 3 rings (SSSR count). The van der Waals surface area contributed by atoms with Gasteiger partial charge in [-0.25, -0.2) is 0 Å². The Balaban J connectivity index is 1.62. The predicted octanol–water partition coefficient (Wildman–Crippen LogP) is 4.51. The van der Waals surface area contributed by atoms with E-state index in [1.165, 1.54) is 0 Å². The third kappa shape index (κ3) is 4.58. The molecular weight excluding hydrogens is 314 g/mol. The summed E-state index contributed by atoms with van der Waals surface area (Å²) < 4.78 is 10.8. The van der Waals surface area contributed by atoms with Gasteiger partial charge in [-0.1, -0.05) is 30.3 Å². The Labute approximate surface area is 147 Å². The van der Waals surface area contributed by atoms with Crippen LogP contribution < -0.4 is 10.1 Å². The number of nitrogens with one attached hydrogen (secondary N) is 1. The van der Waals surface area contributed by atoms with Gasteiger partial charge >= 0.3 is 0 Å². The van der Waals surface area contributed by atoms with Crippen molar-refractivity contribution < 1.29 is 14.3 Å². The Kier molecular flexibility index (Phi) is 5.65. The van der Waals surface area contributed by atoms with Gasteiger partial charge in [-0.05, 0) is 54.1 Å². The number of hydrogen-bond acceptors (Lipinski definition) is 3. The summed E-state index contributed by atoms with van der Waals surface area (Å²) in [6.45, 7) is 3.68. The average molecular weight is 335 g/mol. The van der Waals surface area contributed by atoms with Gasteiger partial charge in [0.2, 0.25) is 0 Å². The van der Waals surface area contributed by atoms with Gasteiger partial charge in [0.15, 0.2) is 0 Å². The highest BCUT2D eigenvalue weighted by molar-refractivity contribution is 6.05. The molecule has 0 atom stereocenters. The number of amides is 1. The third-order valence-corrected chi connectivity index (χ3v) is 3.82. The number of carbonyl (C=O) groups is 1. The average Bonchev–Trinajstić information content (AvgIpc) is 2.65. The molecule has 25 heavy (non-hydrogen) atoms. The number of fused-ring (bicyclic) bond motifs is 1. The fourth-order valence-corrected chi connectivity index (χ4v) is 2.54. The minimum Gasteiger partial charge on any atom is -0.491 e. The van der Waals surface area contributed by atoms with Crippen LogP contribution in [0, 0.1) is 0 Å². The van der Waals surface area contributed by atoms with E-state index in [2.05, 4.69) is 5.32 Å². The van der Waals surface area contributed by atoms with Crippen molar-refractivity contribution in [1.29, 1.82) is 0 Å². The molecule has 0 radical (unpaired) electrons. The van der Waals surface area contributed by atoms with Crippen LogP contribution in [0.2, 0.25) is 0 Å². The molecule has 0 saturated heterocycles. The number of benzene rings is 3. The van der Waals surface area contributed by atoms with E-state index in [1.54, 1.807) is 24.3 Å². The largest absolute Gasteiger partial charge is 0.491 e. The second-order valence-corrected chi connectivity index (χ2v) is 5.59. The number of anilines is 1. The van der Waals surface area contributed by atoms with Gasteiger partial charge in [-0.2, -0.15) is 0 Å². The lowest BCUT2D eigenvalue weighted by molar-refractivity contribution is 0.102. The van der Waals surface area contributed by atoms with Crippen LogP contribution in [-0.2, 0) is 4.74 Å². The molecule has 0 aromatic heterocycles. The Bertz CT molecular complexity index is 843. The normalized spacial score (nSPS) is 10.6. The molecule has 4 heteroatoms. The van der Waals surface area contributed by atoms with Crippen LogP contribution in [0.25, 0.3) is 10.8 Å². The predicted molar refractivity (Wildman–Crippen MR) is 100 cm³/mol. The lowest BCUT2D eigenvalue weighted by Gasteiger charge is -2.09. The van der Waals surface area contributed by atoms with Crippen molar-refractivity contribution >= 4 is 22.4 Å². The van der Waals surface area contributed by atoms with Crippen molar-refractivity contribution in [3.05, 3.63) is 72.3 Å². The van der Waals surface area contributed by atoms with Crippen molar-refractivity contribution in [2.24, 2.45) is 0 Å². The van der Waals surface area contributed by atoms with Gasteiger partial charge in [-0.15, -0.1) is 0 Å². The van der Waals surface area contributed by atoms with Gasteiger partial charge in [0.25, 0.3) is 5.91 Å². The lowest BCUT2D eigenvalue weighted by atomic mass is 10.1. The van der Waals surface area contributed by atoms with Crippen LogP contribution in [0.5, 0.6) is 5.75 Å². The zero-order valence-corrected chi connectivity index (χ0v) is 14.2. The van der Waals surface area contributed by atoms with Crippen molar-refractivity contribution in [2.45, 2.75) is 6.92 Å². The number of ether oxygens (including phenoxy) is 2. The molecule has 0 aliphatic heterocycles. The van der Waals surface area contributed by atoms with E-state index in [4.69, 9.17) is 9.47 Å². The Morgan fingerprint density at radius 1 is 0.920 bits per heavy atom. The van der Waals surface area contributed by atoms with Crippen molar-refractivity contribution in [2.75, 3.05) is 25.1 Å². The lowest BCUT2D eigenvalue weighted by Crippen LogP contribution is -2.12. The smallest absolute Gasteiger partial charge is 0.255 e. The molecule has 0 fully saturated rings. The highest BCUT2D eigenvalue weighted by Gasteiger charge is 2.07. The molecule has 0 aliphatic carbocycles.